The number of nitrogens with one attached hydrogen (secondary N) is 1. The highest BCUT2D eigenvalue weighted by Gasteiger charge is 2.21. The highest BCUT2D eigenvalue weighted by atomic mass is 16.5. The molecule has 1 aliphatic rings. The van der Waals surface area contributed by atoms with E-state index < -0.39 is 0 Å². The van der Waals surface area contributed by atoms with E-state index in [0.29, 0.717) is 35.5 Å². The molecule has 27 heavy (non-hydrogen) atoms. The fourth-order valence-electron chi connectivity index (χ4n) is 3.10. The minimum atomic E-state index is 0.00772. The topological polar surface area (TPSA) is 76.6 Å². The third-order valence-electron chi connectivity index (χ3n) is 4.87. The Morgan fingerprint density at radius 3 is 2.44 bits per heavy atom. The van der Waals surface area contributed by atoms with Gasteiger partial charge in [-0.15, -0.1) is 0 Å². The van der Waals surface area contributed by atoms with E-state index in [2.05, 4.69) is 22.2 Å². The molecule has 1 saturated heterocycles. The first-order chi connectivity index (χ1) is 13.1. The number of rotatable bonds is 6. The summed E-state index contributed by atoms with van der Waals surface area (Å²) in [5.74, 6) is 2.54. The number of carbonyl (C=O) groups excluding carboxylic acids is 1. The molecule has 144 valence electrons. The lowest BCUT2D eigenvalue weighted by Gasteiger charge is -2.30. The molecule has 3 rings (SSSR count). The van der Waals surface area contributed by atoms with Gasteiger partial charge in [-0.3, -0.25) is 4.79 Å². The fraction of sp³-hybridized carbons (Fsp3) is 0.450. The summed E-state index contributed by atoms with van der Waals surface area (Å²) in [6, 6.07) is 5.71. The molecule has 7 nitrogen and oxygen atoms in total. The molecule has 7 heteroatoms. The quantitative estimate of drug-likeness (QED) is 0.842. The van der Waals surface area contributed by atoms with Gasteiger partial charge in [0.15, 0.2) is 11.5 Å². The van der Waals surface area contributed by atoms with Gasteiger partial charge in [0.2, 0.25) is 5.95 Å². The van der Waals surface area contributed by atoms with Crippen LogP contribution < -0.4 is 14.8 Å². The van der Waals surface area contributed by atoms with Crippen LogP contribution in [0.3, 0.4) is 0 Å². The zero-order valence-electron chi connectivity index (χ0n) is 16.1. The van der Waals surface area contributed by atoms with Gasteiger partial charge in [0, 0.05) is 32.0 Å². The van der Waals surface area contributed by atoms with Crippen molar-refractivity contribution in [2.75, 3.05) is 32.6 Å². The minimum absolute atomic E-state index is 0.00772. The molecule has 0 unspecified atom stereocenters. The molecule has 0 atom stereocenters. The molecule has 0 bridgehead atoms. The lowest BCUT2D eigenvalue weighted by atomic mass is 9.99. The molecule has 1 fully saturated rings. The zero-order valence-corrected chi connectivity index (χ0v) is 16.1. The summed E-state index contributed by atoms with van der Waals surface area (Å²) in [5, 5.41) is 3.16. The predicted molar refractivity (Wildman–Crippen MR) is 103 cm³/mol. The maximum Gasteiger partial charge on any atom is 0.256 e. The standard InChI is InChI=1S/C20H26N4O3/c1-14-6-8-24(9-7-14)19(25)16-12-22-20(23-13-16)21-11-15-4-5-17(26-2)18(10-15)27-3/h4-5,10,12-14H,6-9,11H2,1-3H3,(H,21,22,23). The molecule has 2 heterocycles. The Morgan fingerprint density at radius 1 is 1.15 bits per heavy atom. The molecule has 1 aromatic heterocycles. The number of hydrogen-bond acceptors (Lipinski definition) is 6. The van der Waals surface area contributed by atoms with Gasteiger partial charge in [-0.25, -0.2) is 9.97 Å². The molecule has 1 aromatic carbocycles. The van der Waals surface area contributed by atoms with Crippen molar-refractivity contribution in [3.63, 3.8) is 0 Å². The third kappa shape index (κ3) is 4.67. The van der Waals surface area contributed by atoms with Crippen LogP contribution in [0.15, 0.2) is 30.6 Å². The van der Waals surface area contributed by atoms with Crippen molar-refractivity contribution in [1.82, 2.24) is 14.9 Å². The van der Waals surface area contributed by atoms with E-state index in [1.807, 2.05) is 23.1 Å². The molecule has 0 spiro atoms. The second-order valence-electron chi connectivity index (χ2n) is 6.81. The first-order valence-electron chi connectivity index (χ1n) is 9.16. The summed E-state index contributed by atoms with van der Waals surface area (Å²) in [5.41, 5.74) is 1.54. The highest BCUT2D eigenvalue weighted by Crippen LogP contribution is 2.27. The number of amides is 1. The molecular weight excluding hydrogens is 344 g/mol. The molecule has 0 aliphatic carbocycles. The average molecular weight is 370 g/mol. The summed E-state index contributed by atoms with van der Waals surface area (Å²) in [6.07, 6.45) is 5.28. The second-order valence-corrected chi connectivity index (χ2v) is 6.81. The van der Waals surface area contributed by atoms with Gasteiger partial charge in [-0.2, -0.15) is 0 Å². The van der Waals surface area contributed by atoms with Crippen LogP contribution in [0.5, 0.6) is 11.5 Å². The van der Waals surface area contributed by atoms with Crippen LogP contribution in [0.25, 0.3) is 0 Å². The maximum absolute atomic E-state index is 12.5. The van der Waals surface area contributed by atoms with E-state index in [0.717, 1.165) is 31.5 Å². The van der Waals surface area contributed by atoms with Gasteiger partial charge in [-0.05, 0) is 36.5 Å². The number of hydrogen-bond donors (Lipinski definition) is 1. The summed E-state index contributed by atoms with van der Waals surface area (Å²) in [4.78, 5) is 23.0. The summed E-state index contributed by atoms with van der Waals surface area (Å²) >= 11 is 0. The van der Waals surface area contributed by atoms with Crippen LogP contribution >= 0.6 is 0 Å². The van der Waals surface area contributed by atoms with Crippen molar-refractivity contribution < 1.29 is 14.3 Å². The average Bonchev–Trinajstić information content (AvgIpc) is 2.72. The third-order valence-corrected chi connectivity index (χ3v) is 4.87. The molecule has 0 radical (unpaired) electrons. The van der Waals surface area contributed by atoms with E-state index in [4.69, 9.17) is 9.47 Å². The molecule has 1 amide bonds. The highest BCUT2D eigenvalue weighted by molar-refractivity contribution is 5.93. The van der Waals surface area contributed by atoms with Crippen LogP contribution in [0.1, 0.15) is 35.7 Å². The van der Waals surface area contributed by atoms with Crippen LogP contribution in [0.4, 0.5) is 5.95 Å². The number of piperidine rings is 1. The van der Waals surface area contributed by atoms with Gasteiger partial charge >= 0.3 is 0 Å². The van der Waals surface area contributed by atoms with Gasteiger partial charge in [0.05, 0.1) is 19.8 Å². The Morgan fingerprint density at radius 2 is 1.81 bits per heavy atom. The summed E-state index contributed by atoms with van der Waals surface area (Å²) < 4.78 is 10.5. The number of nitrogens with zero attached hydrogens (tertiary/aromatic N) is 3. The van der Waals surface area contributed by atoms with Crippen molar-refractivity contribution in [2.45, 2.75) is 26.3 Å². The number of ether oxygens (including phenoxy) is 2. The normalized spacial score (nSPS) is 14.7. The van der Waals surface area contributed by atoms with E-state index in [9.17, 15) is 4.79 Å². The molecule has 1 N–H and O–H groups in total. The predicted octanol–water partition coefficient (Wildman–Crippen LogP) is 2.98. The van der Waals surface area contributed by atoms with Crippen LogP contribution in [0.2, 0.25) is 0 Å². The first kappa shape index (κ1) is 18.9. The Hall–Kier alpha value is -2.83. The Labute approximate surface area is 159 Å². The Balaban J connectivity index is 1.58. The lowest BCUT2D eigenvalue weighted by molar-refractivity contribution is 0.0696. The smallest absolute Gasteiger partial charge is 0.256 e. The largest absolute Gasteiger partial charge is 0.493 e. The molecule has 0 saturated carbocycles. The van der Waals surface area contributed by atoms with Crippen molar-refractivity contribution in [2.24, 2.45) is 5.92 Å². The fourth-order valence-corrected chi connectivity index (χ4v) is 3.10. The zero-order chi connectivity index (χ0) is 19.2. The van der Waals surface area contributed by atoms with Crippen LogP contribution in [-0.4, -0.2) is 48.1 Å². The van der Waals surface area contributed by atoms with E-state index in [1.54, 1.807) is 26.6 Å². The van der Waals surface area contributed by atoms with Crippen LogP contribution in [-0.2, 0) is 6.54 Å². The number of carbonyl (C=O) groups is 1. The van der Waals surface area contributed by atoms with Gasteiger partial charge in [0.1, 0.15) is 0 Å². The van der Waals surface area contributed by atoms with E-state index in [-0.39, 0.29) is 5.91 Å². The van der Waals surface area contributed by atoms with Gasteiger partial charge in [0.25, 0.3) is 5.91 Å². The second kappa shape index (κ2) is 8.70. The van der Waals surface area contributed by atoms with Crippen molar-refractivity contribution in [3.8, 4) is 11.5 Å². The van der Waals surface area contributed by atoms with E-state index >= 15 is 0 Å². The lowest BCUT2D eigenvalue weighted by Crippen LogP contribution is -2.38. The Bertz CT molecular complexity index is 771. The molecule has 1 aliphatic heterocycles. The van der Waals surface area contributed by atoms with Gasteiger partial charge in [-0.1, -0.05) is 13.0 Å². The molecule has 2 aromatic rings. The minimum Gasteiger partial charge on any atom is -0.493 e. The number of benzene rings is 1. The number of aromatic nitrogens is 2. The monoisotopic (exact) mass is 370 g/mol. The molecular formula is C20H26N4O3. The number of likely N-dealkylation sites (tertiary alicyclic amines) is 1. The van der Waals surface area contributed by atoms with E-state index in [1.165, 1.54) is 0 Å². The summed E-state index contributed by atoms with van der Waals surface area (Å²) in [6.45, 7) is 4.38. The SMILES string of the molecule is COc1ccc(CNc2ncc(C(=O)N3CCC(C)CC3)cn2)cc1OC. The number of methoxy groups -OCH3 is 2. The van der Waals surface area contributed by atoms with Crippen LogP contribution in [0, 0.1) is 5.92 Å². The first-order valence-corrected chi connectivity index (χ1v) is 9.16. The maximum atomic E-state index is 12.5. The Kier molecular flexibility index (Phi) is 6.11. The summed E-state index contributed by atoms with van der Waals surface area (Å²) in [7, 11) is 3.22. The van der Waals surface area contributed by atoms with Crippen molar-refractivity contribution in [1.29, 1.82) is 0 Å². The number of anilines is 1. The van der Waals surface area contributed by atoms with Crippen molar-refractivity contribution in [3.05, 3.63) is 41.7 Å². The van der Waals surface area contributed by atoms with Crippen molar-refractivity contribution >= 4 is 11.9 Å². The van der Waals surface area contributed by atoms with Gasteiger partial charge < -0.3 is 19.7 Å².